The third-order valence-corrected chi connectivity index (χ3v) is 3.00. The molecule has 5 nitrogen and oxygen atoms in total. The van der Waals surface area contributed by atoms with E-state index in [1.165, 1.54) is 10.7 Å². The van der Waals surface area contributed by atoms with Gasteiger partial charge in [0.1, 0.15) is 11.9 Å². The second-order valence-electron chi connectivity index (χ2n) is 4.40. The Morgan fingerprint density at radius 3 is 2.67 bits per heavy atom. The van der Waals surface area contributed by atoms with Crippen molar-refractivity contribution >= 4 is 11.5 Å². The Hall–Kier alpha value is -2.69. The number of nitrogen functional groups attached to an aromatic ring is 1. The average molecular weight is 295 g/mol. The molecule has 0 atom stereocenters. The first-order valence-electron chi connectivity index (χ1n) is 5.94. The monoisotopic (exact) mass is 295 g/mol. The summed E-state index contributed by atoms with van der Waals surface area (Å²) < 4.78 is 39.2. The molecule has 1 aromatic carbocycles. The first-order valence-corrected chi connectivity index (χ1v) is 5.94. The van der Waals surface area contributed by atoms with Crippen LogP contribution in [-0.4, -0.2) is 9.78 Å². The van der Waals surface area contributed by atoms with Crippen LogP contribution in [0.4, 0.5) is 24.7 Å². The maximum Gasteiger partial charge on any atom is 0.416 e. The van der Waals surface area contributed by atoms with Crippen LogP contribution in [-0.2, 0) is 19.8 Å². The molecule has 0 aliphatic rings. The van der Waals surface area contributed by atoms with Gasteiger partial charge in [0.15, 0.2) is 0 Å². The lowest BCUT2D eigenvalue weighted by Gasteiger charge is -2.11. The fraction of sp³-hybridized carbons (Fsp3) is 0.231. The molecule has 21 heavy (non-hydrogen) atoms. The van der Waals surface area contributed by atoms with Gasteiger partial charge in [0.2, 0.25) is 0 Å². The molecule has 2 rings (SSSR count). The lowest BCUT2D eigenvalue weighted by molar-refractivity contribution is -0.137. The van der Waals surface area contributed by atoms with Crippen molar-refractivity contribution in [1.29, 1.82) is 5.26 Å². The van der Waals surface area contributed by atoms with E-state index in [1.807, 2.05) is 0 Å². The van der Waals surface area contributed by atoms with Crippen molar-refractivity contribution in [2.45, 2.75) is 12.7 Å². The Morgan fingerprint density at radius 2 is 2.14 bits per heavy atom. The first-order chi connectivity index (χ1) is 9.82. The summed E-state index contributed by atoms with van der Waals surface area (Å²) in [6.07, 6.45) is -2.92. The van der Waals surface area contributed by atoms with Crippen molar-refractivity contribution in [2.24, 2.45) is 7.05 Å². The second kappa shape index (κ2) is 5.36. The van der Waals surface area contributed by atoms with Crippen molar-refractivity contribution < 1.29 is 13.2 Å². The number of rotatable bonds is 3. The Labute approximate surface area is 118 Å². The molecule has 1 heterocycles. The maximum absolute atomic E-state index is 12.6. The largest absolute Gasteiger partial charge is 0.416 e. The first kappa shape index (κ1) is 14.7. The summed E-state index contributed by atoms with van der Waals surface area (Å²) in [5.41, 5.74) is 5.84. The van der Waals surface area contributed by atoms with Crippen LogP contribution in [0.5, 0.6) is 0 Å². The van der Waals surface area contributed by atoms with E-state index in [0.29, 0.717) is 17.1 Å². The zero-order valence-corrected chi connectivity index (χ0v) is 11.1. The summed E-state index contributed by atoms with van der Waals surface area (Å²) in [5, 5.41) is 15.8. The van der Waals surface area contributed by atoms with Gasteiger partial charge in [0.25, 0.3) is 0 Å². The molecule has 0 spiro atoms. The van der Waals surface area contributed by atoms with Gasteiger partial charge in [-0.05, 0) is 18.2 Å². The number of halogens is 3. The van der Waals surface area contributed by atoms with Crippen LogP contribution in [0.15, 0.2) is 24.4 Å². The standard InChI is InChI=1S/C13H12F3N5/c1-21-12(18)9(7-20-21)6-19-11-3-2-10(13(14,15)16)4-8(11)5-17/h2-4,7,19H,6,18H2,1H3. The fourth-order valence-corrected chi connectivity index (χ4v) is 1.79. The summed E-state index contributed by atoms with van der Waals surface area (Å²) in [5.74, 6) is 0.452. The molecule has 0 aliphatic heterocycles. The Bertz CT molecular complexity index is 697. The van der Waals surface area contributed by atoms with E-state index in [9.17, 15) is 13.2 Å². The van der Waals surface area contributed by atoms with Crippen LogP contribution in [0.1, 0.15) is 16.7 Å². The molecule has 0 saturated carbocycles. The van der Waals surface area contributed by atoms with Gasteiger partial charge < -0.3 is 11.1 Å². The van der Waals surface area contributed by atoms with Crippen molar-refractivity contribution in [3.63, 3.8) is 0 Å². The number of nitrogens with one attached hydrogen (secondary N) is 1. The molecule has 1 aromatic heterocycles. The number of benzene rings is 1. The number of anilines is 2. The number of hydrogen-bond donors (Lipinski definition) is 2. The molecule has 0 saturated heterocycles. The van der Waals surface area contributed by atoms with E-state index in [1.54, 1.807) is 19.3 Å². The lowest BCUT2D eigenvalue weighted by atomic mass is 10.1. The molecular formula is C13H12F3N5. The average Bonchev–Trinajstić information content (AvgIpc) is 2.75. The molecule has 0 bridgehead atoms. The SMILES string of the molecule is Cn1ncc(CNc2ccc(C(F)(F)F)cc2C#N)c1N. The molecular weight excluding hydrogens is 283 g/mol. The highest BCUT2D eigenvalue weighted by molar-refractivity contribution is 5.59. The number of aryl methyl sites for hydroxylation is 1. The van der Waals surface area contributed by atoms with Gasteiger partial charge in [0, 0.05) is 19.2 Å². The highest BCUT2D eigenvalue weighted by Gasteiger charge is 2.31. The van der Waals surface area contributed by atoms with Crippen molar-refractivity contribution in [3.05, 3.63) is 41.1 Å². The summed E-state index contributed by atoms with van der Waals surface area (Å²) >= 11 is 0. The van der Waals surface area contributed by atoms with Gasteiger partial charge in [-0.15, -0.1) is 0 Å². The minimum absolute atomic E-state index is 0.0766. The number of aromatic nitrogens is 2. The van der Waals surface area contributed by atoms with E-state index < -0.39 is 11.7 Å². The van der Waals surface area contributed by atoms with Crippen molar-refractivity contribution in [1.82, 2.24) is 9.78 Å². The Kier molecular flexibility index (Phi) is 3.76. The topological polar surface area (TPSA) is 79.7 Å². The van der Waals surface area contributed by atoms with Gasteiger partial charge in [-0.2, -0.15) is 23.5 Å². The minimum Gasteiger partial charge on any atom is -0.384 e. The zero-order valence-electron chi connectivity index (χ0n) is 11.1. The molecule has 0 aliphatic carbocycles. The molecule has 2 aromatic rings. The van der Waals surface area contributed by atoms with E-state index in [-0.39, 0.29) is 12.1 Å². The van der Waals surface area contributed by atoms with Crippen LogP contribution >= 0.6 is 0 Å². The Balaban J connectivity index is 2.21. The van der Waals surface area contributed by atoms with E-state index >= 15 is 0 Å². The molecule has 110 valence electrons. The number of hydrogen-bond acceptors (Lipinski definition) is 4. The number of alkyl halides is 3. The van der Waals surface area contributed by atoms with Gasteiger partial charge in [-0.1, -0.05) is 0 Å². The summed E-state index contributed by atoms with van der Waals surface area (Å²) in [6.45, 7) is 0.264. The molecule has 8 heteroatoms. The highest BCUT2D eigenvalue weighted by atomic mass is 19.4. The normalized spacial score (nSPS) is 11.2. The minimum atomic E-state index is -4.47. The number of nitriles is 1. The highest BCUT2D eigenvalue weighted by Crippen LogP contribution is 2.31. The third-order valence-electron chi connectivity index (χ3n) is 3.00. The van der Waals surface area contributed by atoms with Crippen LogP contribution in [0, 0.1) is 11.3 Å². The van der Waals surface area contributed by atoms with Crippen LogP contribution in [0.3, 0.4) is 0 Å². The van der Waals surface area contributed by atoms with Gasteiger partial charge in [-0.3, -0.25) is 4.68 Å². The van der Waals surface area contributed by atoms with Crippen molar-refractivity contribution in [2.75, 3.05) is 11.1 Å². The number of nitrogens with two attached hydrogens (primary N) is 1. The molecule has 0 unspecified atom stereocenters. The summed E-state index contributed by atoms with van der Waals surface area (Å²) in [4.78, 5) is 0. The van der Waals surface area contributed by atoms with Crippen LogP contribution < -0.4 is 11.1 Å². The molecule has 3 N–H and O–H groups in total. The predicted molar refractivity (Wildman–Crippen MR) is 71.1 cm³/mol. The maximum atomic E-state index is 12.6. The van der Waals surface area contributed by atoms with Gasteiger partial charge >= 0.3 is 6.18 Å². The summed E-state index contributed by atoms with van der Waals surface area (Å²) in [7, 11) is 1.68. The molecule has 0 radical (unpaired) electrons. The van der Waals surface area contributed by atoms with Crippen LogP contribution in [0.25, 0.3) is 0 Å². The molecule has 0 fully saturated rings. The zero-order chi connectivity index (χ0) is 15.6. The summed E-state index contributed by atoms with van der Waals surface area (Å²) in [6, 6.07) is 4.72. The van der Waals surface area contributed by atoms with E-state index in [2.05, 4.69) is 10.4 Å². The third kappa shape index (κ3) is 3.08. The predicted octanol–water partition coefficient (Wildman–Crippen LogP) is 2.50. The quantitative estimate of drug-likeness (QED) is 0.911. The fourth-order valence-electron chi connectivity index (χ4n) is 1.79. The molecule has 0 amide bonds. The van der Waals surface area contributed by atoms with Crippen LogP contribution in [0.2, 0.25) is 0 Å². The smallest absolute Gasteiger partial charge is 0.384 e. The van der Waals surface area contributed by atoms with Gasteiger partial charge in [0.05, 0.1) is 23.0 Å². The van der Waals surface area contributed by atoms with Gasteiger partial charge in [-0.25, -0.2) is 0 Å². The number of nitrogens with zero attached hydrogens (tertiary/aromatic N) is 3. The van der Waals surface area contributed by atoms with Crippen molar-refractivity contribution in [3.8, 4) is 6.07 Å². The second-order valence-corrected chi connectivity index (χ2v) is 4.40. The van der Waals surface area contributed by atoms with E-state index in [0.717, 1.165) is 12.1 Å². The lowest BCUT2D eigenvalue weighted by Crippen LogP contribution is -2.08. The Morgan fingerprint density at radius 1 is 1.43 bits per heavy atom. The van der Waals surface area contributed by atoms with E-state index in [4.69, 9.17) is 11.0 Å².